The number of halogens is 1. The smallest absolute Gasteiger partial charge is 0.253 e. The second-order valence-electron chi connectivity index (χ2n) is 8.30. The minimum Gasteiger partial charge on any atom is -0.383 e. The van der Waals surface area contributed by atoms with Gasteiger partial charge >= 0.3 is 0 Å². The van der Waals surface area contributed by atoms with Crippen LogP contribution >= 0.6 is 22.9 Å². The Balaban J connectivity index is 1.56. The Morgan fingerprint density at radius 3 is 2.91 bits per heavy atom. The molecular weight excluding hydrogens is 454 g/mol. The van der Waals surface area contributed by atoms with E-state index in [4.69, 9.17) is 21.3 Å². The van der Waals surface area contributed by atoms with E-state index in [1.807, 2.05) is 42.6 Å². The average molecular weight is 484 g/mol. The van der Waals surface area contributed by atoms with E-state index in [0.29, 0.717) is 30.3 Å². The van der Waals surface area contributed by atoms with Crippen LogP contribution in [0.2, 0.25) is 5.02 Å². The lowest BCUT2D eigenvalue weighted by atomic mass is 9.97. The monoisotopic (exact) mass is 483 g/mol. The van der Waals surface area contributed by atoms with Crippen molar-refractivity contribution in [3.8, 4) is 22.0 Å². The Bertz CT molecular complexity index is 1150. The molecule has 5 nitrogen and oxygen atoms in total. The highest BCUT2D eigenvalue weighted by molar-refractivity contribution is 7.13. The molecule has 0 radical (unpaired) electrons. The fourth-order valence-corrected chi connectivity index (χ4v) is 5.41. The lowest BCUT2D eigenvalue weighted by molar-refractivity contribution is 0.0953. The number of amides is 1. The number of nitrogens with zero attached hydrogens (tertiary/aromatic N) is 2. The first-order valence-electron chi connectivity index (χ1n) is 11.4. The molecule has 0 spiro atoms. The van der Waals surface area contributed by atoms with E-state index < -0.39 is 0 Å². The minimum absolute atomic E-state index is 0.0390. The number of aromatic nitrogens is 2. The zero-order valence-corrected chi connectivity index (χ0v) is 20.8. The number of carbonyl (C=O) groups is 1. The van der Waals surface area contributed by atoms with Crippen LogP contribution in [-0.4, -0.2) is 35.7 Å². The van der Waals surface area contributed by atoms with Crippen molar-refractivity contribution in [1.29, 1.82) is 0 Å². The van der Waals surface area contributed by atoms with E-state index in [0.717, 1.165) is 46.9 Å². The van der Waals surface area contributed by atoms with Crippen LogP contribution in [0.15, 0.2) is 47.4 Å². The SMILES string of the molecule is COCCn1c(-c2csc(-c3ccccc3Cl)n2)cc(C(=O)NCCC2=CCCCC2)c1C. The molecule has 7 heteroatoms. The van der Waals surface area contributed by atoms with Gasteiger partial charge in [0.05, 0.1) is 28.6 Å². The van der Waals surface area contributed by atoms with Gasteiger partial charge in [-0.2, -0.15) is 0 Å². The second kappa shape index (κ2) is 11.1. The first-order valence-corrected chi connectivity index (χ1v) is 12.7. The van der Waals surface area contributed by atoms with E-state index >= 15 is 0 Å². The Kier molecular flexibility index (Phi) is 8.02. The molecule has 0 fully saturated rings. The highest BCUT2D eigenvalue weighted by Gasteiger charge is 2.20. The van der Waals surface area contributed by atoms with Crippen LogP contribution in [0.5, 0.6) is 0 Å². The molecule has 0 saturated carbocycles. The molecule has 1 aliphatic carbocycles. The summed E-state index contributed by atoms with van der Waals surface area (Å²) in [7, 11) is 1.68. The quantitative estimate of drug-likeness (QED) is 0.353. The molecule has 2 heterocycles. The van der Waals surface area contributed by atoms with Crippen molar-refractivity contribution in [1.82, 2.24) is 14.9 Å². The summed E-state index contributed by atoms with van der Waals surface area (Å²) in [6.45, 7) is 3.85. The normalized spacial score (nSPS) is 13.7. The zero-order chi connectivity index (χ0) is 23.2. The number of hydrogen-bond acceptors (Lipinski definition) is 4. The highest BCUT2D eigenvalue weighted by Crippen LogP contribution is 2.34. The molecule has 0 saturated heterocycles. The number of nitrogens with one attached hydrogen (secondary N) is 1. The standard InChI is InChI=1S/C26H30ClN3O2S/c1-18-21(25(31)28-13-12-19-8-4-3-5-9-19)16-24(30(18)14-15-32-2)23-17-33-26(29-23)20-10-6-7-11-22(20)27/h6-8,10-11,16-17H,3-5,9,12-15H2,1-2H3,(H,28,31). The summed E-state index contributed by atoms with van der Waals surface area (Å²) in [5.74, 6) is -0.0390. The molecule has 4 rings (SSSR count). The molecule has 0 unspecified atom stereocenters. The number of thiazole rings is 1. The Morgan fingerprint density at radius 2 is 2.15 bits per heavy atom. The third-order valence-corrected chi connectivity index (χ3v) is 7.32. The van der Waals surface area contributed by atoms with Gasteiger partial charge < -0.3 is 14.6 Å². The van der Waals surface area contributed by atoms with E-state index in [2.05, 4.69) is 16.0 Å². The number of rotatable bonds is 9. The van der Waals surface area contributed by atoms with Crippen LogP contribution in [0.1, 0.15) is 48.2 Å². The highest BCUT2D eigenvalue weighted by atomic mass is 35.5. The molecule has 174 valence electrons. The number of hydrogen-bond donors (Lipinski definition) is 1. The second-order valence-corrected chi connectivity index (χ2v) is 9.57. The van der Waals surface area contributed by atoms with Gasteiger partial charge in [-0.15, -0.1) is 11.3 Å². The number of carbonyl (C=O) groups excluding carboxylic acids is 1. The summed E-state index contributed by atoms with van der Waals surface area (Å²) < 4.78 is 7.44. The maximum atomic E-state index is 13.0. The zero-order valence-electron chi connectivity index (χ0n) is 19.2. The summed E-state index contributed by atoms with van der Waals surface area (Å²) >= 11 is 7.93. The third kappa shape index (κ3) is 5.57. The van der Waals surface area contributed by atoms with Crippen LogP contribution in [0.25, 0.3) is 22.0 Å². The summed E-state index contributed by atoms with van der Waals surface area (Å²) in [4.78, 5) is 17.9. The van der Waals surface area contributed by atoms with Gasteiger partial charge in [-0.1, -0.05) is 41.4 Å². The van der Waals surface area contributed by atoms with Crippen LogP contribution in [0, 0.1) is 6.92 Å². The molecule has 0 bridgehead atoms. The molecular formula is C26H30ClN3O2S. The molecule has 2 aromatic heterocycles. The maximum Gasteiger partial charge on any atom is 0.253 e. The van der Waals surface area contributed by atoms with Crippen molar-refractivity contribution in [2.24, 2.45) is 0 Å². The van der Waals surface area contributed by atoms with Crippen LogP contribution in [0.3, 0.4) is 0 Å². The number of allylic oxidation sites excluding steroid dienone is 1. The number of benzene rings is 1. The summed E-state index contributed by atoms with van der Waals surface area (Å²) in [6.07, 6.45) is 8.12. The van der Waals surface area contributed by atoms with Crippen LogP contribution in [-0.2, 0) is 11.3 Å². The Labute approximate surface area is 204 Å². The van der Waals surface area contributed by atoms with E-state index in [1.165, 1.54) is 18.4 Å². The fourth-order valence-electron chi connectivity index (χ4n) is 4.27. The molecule has 0 atom stereocenters. The van der Waals surface area contributed by atoms with E-state index in [9.17, 15) is 4.79 Å². The fraction of sp³-hybridized carbons (Fsp3) is 0.385. The molecule has 0 aliphatic heterocycles. The molecule has 33 heavy (non-hydrogen) atoms. The predicted octanol–water partition coefficient (Wildman–Crippen LogP) is 6.51. The van der Waals surface area contributed by atoms with E-state index in [-0.39, 0.29) is 5.91 Å². The minimum atomic E-state index is -0.0390. The topological polar surface area (TPSA) is 56.2 Å². The average Bonchev–Trinajstić information content (AvgIpc) is 3.43. The van der Waals surface area contributed by atoms with Gasteiger partial charge in [-0.05, 0) is 51.2 Å². The summed E-state index contributed by atoms with van der Waals surface area (Å²) in [5.41, 5.74) is 5.73. The Morgan fingerprint density at radius 1 is 1.30 bits per heavy atom. The predicted molar refractivity (Wildman–Crippen MR) is 136 cm³/mol. The Hall–Kier alpha value is -2.41. The molecule has 1 aliphatic rings. The van der Waals surface area contributed by atoms with Crippen molar-refractivity contribution in [2.45, 2.75) is 45.6 Å². The van der Waals surface area contributed by atoms with Crippen LogP contribution < -0.4 is 5.32 Å². The summed E-state index contributed by atoms with van der Waals surface area (Å²) in [5, 5.41) is 6.67. The summed E-state index contributed by atoms with van der Waals surface area (Å²) in [6, 6.07) is 9.66. The lowest BCUT2D eigenvalue weighted by Crippen LogP contribution is -2.25. The van der Waals surface area contributed by atoms with Crippen molar-refractivity contribution in [3.63, 3.8) is 0 Å². The van der Waals surface area contributed by atoms with Gasteiger partial charge in [0.15, 0.2) is 0 Å². The van der Waals surface area contributed by atoms with Gasteiger partial charge in [0.25, 0.3) is 5.91 Å². The molecule has 1 aromatic carbocycles. The van der Waals surface area contributed by atoms with Gasteiger partial charge in [0, 0.05) is 36.8 Å². The molecule has 1 amide bonds. The van der Waals surface area contributed by atoms with Gasteiger partial charge in [-0.25, -0.2) is 4.98 Å². The number of ether oxygens (including phenoxy) is 1. The molecule has 3 aromatic rings. The first kappa shape index (κ1) is 23.7. The van der Waals surface area contributed by atoms with Crippen LogP contribution in [0.4, 0.5) is 0 Å². The van der Waals surface area contributed by atoms with Crippen molar-refractivity contribution in [3.05, 3.63) is 63.6 Å². The number of methoxy groups -OCH3 is 1. The first-order chi connectivity index (χ1) is 16.1. The third-order valence-electron chi connectivity index (χ3n) is 6.12. The maximum absolute atomic E-state index is 13.0. The van der Waals surface area contributed by atoms with Gasteiger partial charge in [0.1, 0.15) is 5.01 Å². The van der Waals surface area contributed by atoms with Crippen molar-refractivity contribution < 1.29 is 9.53 Å². The lowest BCUT2D eigenvalue weighted by Gasteiger charge is -2.13. The molecule has 1 N–H and O–H groups in total. The van der Waals surface area contributed by atoms with Gasteiger partial charge in [-0.3, -0.25) is 4.79 Å². The van der Waals surface area contributed by atoms with Crippen molar-refractivity contribution >= 4 is 28.8 Å². The van der Waals surface area contributed by atoms with Crippen molar-refractivity contribution in [2.75, 3.05) is 20.3 Å². The van der Waals surface area contributed by atoms with Gasteiger partial charge in [0.2, 0.25) is 0 Å². The van der Waals surface area contributed by atoms with E-state index in [1.54, 1.807) is 18.4 Å². The largest absolute Gasteiger partial charge is 0.383 e.